The summed E-state index contributed by atoms with van der Waals surface area (Å²) in [6.45, 7) is 4.56. The third-order valence-electron chi connectivity index (χ3n) is 5.43. The van der Waals surface area contributed by atoms with Gasteiger partial charge in [0.05, 0.1) is 25.4 Å². The van der Waals surface area contributed by atoms with Crippen molar-refractivity contribution in [2.45, 2.75) is 50.9 Å². The third-order valence-corrected chi connectivity index (χ3v) is 5.43. The van der Waals surface area contributed by atoms with E-state index in [0.717, 1.165) is 31.1 Å². The molecule has 3 atom stereocenters. The molecule has 0 radical (unpaired) electrons. The molecule has 1 aliphatic heterocycles. The summed E-state index contributed by atoms with van der Waals surface area (Å²) >= 11 is 0. The second-order valence-electron chi connectivity index (χ2n) is 7.25. The molecule has 25 heavy (non-hydrogen) atoms. The van der Waals surface area contributed by atoms with E-state index in [-0.39, 0.29) is 24.2 Å². The van der Waals surface area contributed by atoms with Gasteiger partial charge in [-0.05, 0) is 56.7 Å². The maximum absolute atomic E-state index is 13.2. The molecule has 3 unspecified atom stereocenters. The fourth-order valence-electron chi connectivity index (χ4n) is 3.94. The smallest absolute Gasteiger partial charge is 0.254 e. The lowest BCUT2D eigenvalue weighted by atomic mass is 10.1. The Morgan fingerprint density at radius 3 is 2.96 bits per heavy atom. The molecule has 1 aromatic carbocycles. The molecule has 0 aromatic heterocycles. The van der Waals surface area contributed by atoms with Gasteiger partial charge in [-0.1, -0.05) is 6.07 Å². The van der Waals surface area contributed by atoms with Gasteiger partial charge in [0, 0.05) is 18.7 Å². The van der Waals surface area contributed by atoms with Gasteiger partial charge in [-0.3, -0.25) is 4.79 Å². The van der Waals surface area contributed by atoms with Crippen LogP contribution in [0.15, 0.2) is 24.3 Å². The molecule has 0 N–H and O–H groups in total. The van der Waals surface area contributed by atoms with Gasteiger partial charge in [-0.2, -0.15) is 0 Å². The number of hydrogen-bond donors (Lipinski definition) is 0. The quantitative estimate of drug-likeness (QED) is 0.795. The van der Waals surface area contributed by atoms with Crippen LogP contribution in [0.5, 0.6) is 5.75 Å². The van der Waals surface area contributed by atoms with Crippen molar-refractivity contribution in [1.82, 2.24) is 4.90 Å². The van der Waals surface area contributed by atoms with Gasteiger partial charge >= 0.3 is 0 Å². The van der Waals surface area contributed by atoms with E-state index in [0.29, 0.717) is 25.3 Å². The second kappa shape index (κ2) is 7.34. The highest BCUT2D eigenvalue weighted by Crippen LogP contribution is 2.36. The van der Waals surface area contributed by atoms with Crippen molar-refractivity contribution in [2.75, 3.05) is 26.4 Å². The Bertz CT molecular complexity index is 615. The highest BCUT2D eigenvalue weighted by Gasteiger charge is 2.45. The van der Waals surface area contributed by atoms with E-state index in [1.807, 2.05) is 36.1 Å². The van der Waals surface area contributed by atoms with Crippen molar-refractivity contribution < 1.29 is 19.0 Å². The Hall–Kier alpha value is -1.59. The SMILES string of the molecule is CCOc1cccc(C(=O)N2CCOC3CCC2C3OCC2CC2)c1. The minimum atomic E-state index is 0.0159. The van der Waals surface area contributed by atoms with E-state index in [2.05, 4.69) is 0 Å². The molecule has 1 heterocycles. The summed E-state index contributed by atoms with van der Waals surface area (Å²) in [5.74, 6) is 1.51. The van der Waals surface area contributed by atoms with Crippen LogP contribution in [-0.4, -0.2) is 55.4 Å². The molecule has 1 amide bonds. The van der Waals surface area contributed by atoms with Gasteiger partial charge in [-0.15, -0.1) is 0 Å². The normalized spacial score (nSPS) is 28.7. The molecular formula is C20H27NO4. The maximum Gasteiger partial charge on any atom is 0.254 e. The van der Waals surface area contributed by atoms with Gasteiger partial charge < -0.3 is 19.1 Å². The predicted octanol–water partition coefficient (Wildman–Crippen LogP) is 2.88. The zero-order valence-corrected chi connectivity index (χ0v) is 14.9. The largest absolute Gasteiger partial charge is 0.494 e. The Morgan fingerprint density at radius 1 is 1.28 bits per heavy atom. The van der Waals surface area contributed by atoms with E-state index in [9.17, 15) is 4.79 Å². The van der Waals surface area contributed by atoms with Gasteiger partial charge in [-0.25, -0.2) is 0 Å². The van der Waals surface area contributed by atoms with E-state index in [1.54, 1.807) is 0 Å². The minimum Gasteiger partial charge on any atom is -0.494 e. The molecule has 3 aliphatic rings. The zero-order valence-electron chi connectivity index (χ0n) is 14.9. The highest BCUT2D eigenvalue weighted by molar-refractivity contribution is 5.95. The summed E-state index contributed by atoms with van der Waals surface area (Å²) in [6.07, 6.45) is 4.63. The predicted molar refractivity (Wildman–Crippen MR) is 93.9 cm³/mol. The molecule has 5 heteroatoms. The first-order valence-electron chi connectivity index (χ1n) is 9.53. The van der Waals surface area contributed by atoms with E-state index >= 15 is 0 Å². The van der Waals surface area contributed by atoms with Gasteiger partial charge in [0.25, 0.3) is 5.91 Å². The molecule has 1 saturated heterocycles. The summed E-state index contributed by atoms with van der Waals surface area (Å²) in [5.41, 5.74) is 0.678. The summed E-state index contributed by atoms with van der Waals surface area (Å²) < 4.78 is 17.7. The van der Waals surface area contributed by atoms with Crippen molar-refractivity contribution >= 4 is 5.91 Å². The molecule has 0 spiro atoms. The maximum atomic E-state index is 13.2. The lowest BCUT2D eigenvalue weighted by molar-refractivity contribution is -0.0556. The highest BCUT2D eigenvalue weighted by atomic mass is 16.5. The number of ether oxygens (including phenoxy) is 3. The molecule has 5 nitrogen and oxygen atoms in total. The number of rotatable bonds is 6. The number of benzene rings is 1. The first-order chi connectivity index (χ1) is 12.3. The van der Waals surface area contributed by atoms with Gasteiger partial charge in [0.1, 0.15) is 11.9 Å². The minimum absolute atomic E-state index is 0.0159. The second-order valence-corrected chi connectivity index (χ2v) is 7.25. The Morgan fingerprint density at radius 2 is 2.16 bits per heavy atom. The fourth-order valence-corrected chi connectivity index (χ4v) is 3.94. The number of fused-ring (bicyclic) bond motifs is 2. The van der Waals surface area contributed by atoms with Crippen LogP contribution in [-0.2, 0) is 9.47 Å². The third kappa shape index (κ3) is 3.67. The van der Waals surface area contributed by atoms with Crippen LogP contribution >= 0.6 is 0 Å². The Labute approximate surface area is 149 Å². The van der Waals surface area contributed by atoms with Crippen LogP contribution in [0.2, 0.25) is 0 Å². The lowest BCUT2D eigenvalue weighted by Gasteiger charge is -2.31. The molecule has 1 aromatic rings. The fraction of sp³-hybridized carbons (Fsp3) is 0.650. The van der Waals surface area contributed by atoms with E-state index in [4.69, 9.17) is 14.2 Å². The summed E-state index contributed by atoms with van der Waals surface area (Å²) in [7, 11) is 0. The molecule has 2 saturated carbocycles. The van der Waals surface area contributed by atoms with Crippen molar-refractivity contribution in [2.24, 2.45) is 5.92 Å². The van der Waals surface area contributed by atoms with E-state index in [1.165, 1.54) is 12.8 Å². The lowest BCUT2D eigenvalue weighted by Crippen LogP contribution is -2.46. The van der Waals surface area contributed by atoms with Crippen LogP contribution in [0.4, 0.5) is 0 Å². The summed E-state index contributed by atoms with van der Waals surface area (Å²) in [6, 6.07) is 7.59. The van der Waals surface area contributed by atoms with Crippen LogP contribution in [0.3, 0.4) is 0 Å². The Balaban J connectivity index is 1.51. The van der Waals surface area contributed by atoms with E-state index < -0.39 is 0 Å². The molecule has 136 valence electrons. The first-order valence-corrected chi connectivity index (χ1v) is 9.53. The first kappa shape index (κ1) is 16.9. The molecule has 4 rings (SSSR count). The average molecular weight is 345 g/mol. The molecule has 2 aliphatic carbocycles. The summed E-state index contributed by atoms with van der Waals surface area (Å²) in [5, 5.41) is 0. The van der Waals surface area contributed by atoms with Crippen molar-refractivity contribution in [1.29, 1.82) is 0 Å². The number of carbonyl (C=O) groups excluding carboxylic acids is 1. The average Bonchev–Trinajstić information content (AvgIpc) is 3.37. The Kier molecular flexibility index (Phi) is 4.95. The standard InChI is InChI=1S/C20H27NO4/c1-2-23-16-5-3-4-15(12-16)20(22)21-10-11-24-18-9-8-17(21)19(18)25-13-14-6-7-14/h3-5,12,14,17-19H,2,6-11,13H2,1H3. The molecular weight excluding hydrogens is 318 g/mol. The van der Waals surface area contributed by atoms with Crippen molar-refractivity contribution in [3.8, 4) is 5.75 Å². The van der Waals surface area contributed by atoms with Gasteiger partial charge in [0.2, 0.25) is 0 Å². The monoisotopic (exact) mass is 345 g/mol. The number of carbonyl (C=O) groups is 1. The van der Waals surface area contributed by atoms with Crippen LogP contribution in [0.25, 0.3) is 0 Å². The molecule has 3 fully saturated rings. The summed E-state index contributed by atoms with van der Waals surface area (Å²) in [4.78, 5) is 15.1. The number of amides is 1. The van der Waals surface area contributed by atoms with Crippen molar-refractivity contribution in [3.05, 3.63) is 29.8 Å². The van der Waals surface area contributed by atoms with Crippen molar-refractivity contribution in [3.63, 3.8) is 0 Å². The number of hydrogen-bond acceptors (Lipinski definition) is 4. The van der Waals surface area contributed by atoms with Crippen LogP contribution in [0.1, 0.15) is 43.0 Å². The topological polar surface area (TPSA) is 48.0 Å². The van der Waals surface area contributed by atoms with Gasteiger partial charge in [0.15, 0.2) is 0 Å². The molecule has 2 bridgehead atoms. The number of nitrogens with zero attached hydrogens (tertiary/aromatic N) is 1. The van der Waals surface area contributed by atoms with Crippen LogP contribution in [0, 0.1) is 5.92 Å². The van der Waals surface area contributed by atoms with Crippen LogP contribution < -0.4 is 4.74 Å². The zero-order chi connectivity index (χ0) is 17.2.